The van der Waals surface area contributed by atoms with Crippen LogP contribution in [0.2, 0.25) is 0 Å². The van der Waals surface area contributed by atoms with E-state index in [1.54, 1.807) is 18.2 Å². The number of ether oxygens (including phenoxy) is 1. The van der Waals surface area contributed by atoms with Crippen LogP contribution in [-0.2, 0) is 4.84 Å². The number of halogens is 1. The van der Waals surface area contributed by atoms with Crippen molar-refractivity contribution >= 4 is 28.0 Å². The number of primary amides is 1. The van der Waals surface area contributed by atoms with Gasteiger partial charge in [-0.15, -0.1) is 0 Å². The van der Waals surface area contributed by atoms with Gasteiger partial charge in [-0.25, -0.2) is 4.79 Å². The van der Waals surface area contributed by atoms with E-state index in [4.69, 9.17) is 15.6 Å². The Morgan fingerprint density at radius 1 is 1.28 bits per heavy atom. The van der Waals surface area contributed by atoms with Crippen molar-refractivity contribution in [3.05, 3.63) is 29.8 Å². The van der Waals surface area contributed by atoms with Crippen LogP contribution in [-0.4, -0.2) is 34.6 Å². The molecule has 0 radical (unpaired) electrons. The summed E-state index contributed by atoms with van der Waals surface area (Å²) < 4.78 is 5.85. The molecular weight excluding hydrogens is 392 g/mol. The van der Waals surface area contributed by atoms with E-state index in [0.717, 1.165) is 19.3 Å². The number of nitrogens with two attached hydrogens (primary N) is 1. The van der Waals surface area contributed by atoms with Crippen molar-refractivity contribution < 1.29 is 24.3 Å². The van der Waals surface area contributed by atoms with Gasteiger partial charge in [-0.2, -0.15) is 5.48 Å². The van der Waals surface area contributed by atoms with Crippen LogP contribution in [0.4, 0.5) is 4.79 Å². The summed E-state index contributed by atoms with van der Waals surface area (Å²) in [5, 5.41) is 7.86. The molecule has 4 N–H and O–H groups in total. The van der Waals surface area contributed by atoms with Gasteiger partial charge in [0.1, 0.15) is 11.9 Å². The van der Waals surface area contributed by atoms with Crippen molar-refractivity contribution in [2.75, 3.05) is 6.54 Å². The van der Waals surface area contributed by atoms with Gasteiger partial charge in [-0.05, 0) is 37.5 Å². The van der Waals surface area contributed by atoms with Gasteiger partial charge in [-0.3, -0.25) is 4.79 Å². The molecule has 7 nitrogen and oxygen atoms in total. The van der Waals surface area contributed by atoms with Gasteiger partial charge in [-0.1, -0.05) is 42.8 Å². The van der Waals surface area contributed by atoms with Crippen LogP contribution in [0.5, 0.6) is 5.75 Å². The first-order valence-corrected chi connectivity index (χ1v) is 9.10. The van der Waals surface area contributed by atoms with Crippen molar-refractivity contribution in [2.24, 2.45) is 5.73 Å². The van der Waals surface area contributed by atoms with Gasteiger partial charge in [0, 0.05) is 12.1 Å². The van der Waals surface area contributed by atoms with Crippen LogP contribution in [0.1, 0.15) is 50.4 Å². The van der Waals surface area contributed by atoms with E-state index in [9.17, 15) is 9.59 Å². The minimum Gasteiger partial charge on any atom is -0.489 e. The lowest BCUT2D eigenvalue weighted by molar-refractivity contribution is 0.0443. The van der Waals surface area contributed by atoms with Crippen molar-refractivity contribution in [1.29, 1.82) is 0 Å². The molecule has 2 unspecified atom stereocenters. The Kier molecular flexibility index (Phi) is 12.5. The normalized spacial score (nSPS) is 12.3. The quantitative estimate of drug-likeness (QED) is 0.320. The average Bonchev–Trinajstić information content (AvgIpc) is 2.59. The van der Waals surface area contributed by atoms with Gasteiger partial charge in [0.25, 0.3) is 0 Å². The second-order valence-electron chi connectivity index (χ2n) is 5.14. The molecule has 1 aromatic rings. The molecule has 0 aliphatic carbocycles. The third kappa shape index (κ3) is 10.6. The molecule has 8 heteroatoms. The fraction of sp³-hybridized carbons (Fsp3) is 0.529. The van der Waals surface area contributed by atoms with Crippen LogP contribution in [0.25, 0.3) is 0 Å². The predicted octanol–water partition coefficient (Wildman–Crippen LogP) is 3.71. The minimum absolute atomic E-state index is 0.100. The van der Waals surface area contributed by atoms with E-state index in [1.165, 1.54) is 0 Å². The summed E-state index contributed by atoms with van der Waals surface area (Å²) in [5.41, 5.74) is 7.94. The summed E-state index contributed by atoms with van der Waals surface area (Å²) in [6, 6.07) is 6.98. The van der Waals surface area contributed by atoms with Gasteiger partial charge in [0.05, 0.1) is 4.83 Å². The summed E-state index contributed by atoms with van der Waals surface area (Å²) in [7, 11) is 0. The number of benzene rings is 1. The number of alkyl halides is 1. The maximum Gasteiger partial charge on any atom is 0.525 e. The lowest BCUT2D eigenvalue weighted by Gasteiger charge is -2.22. The number of carbonyl (C=O) groups excluding carboxylic acids is 1. The van der Waals surface area contributed by atoms with E-state index < -0.39 is 12.1 Å². The van der Waals surface area contributed by atoms with E-state index in [1.807, 2.05) is 13.0 Å². The maximum absolute atomic E-state index is 11.1. The lowest BCUT2D eigenvalue weighted by Crippen LogP contribution is -2.26. The highest BCUT2D eigenvalue weighted by atomic mass is 79.9. The topological polar surface area (TPSA) is 111 Å². The highest BCUT2D eigenvalue weighted by Crippen LogP contribution is 2.21. The first-order valence-electron chi connectivity index (χ1n) is 8.18. The summed E-state index contributed by atoms with van der Waals surface area (Å²) in [4.78, 5) is 24.9. The average molecular weight is 419 g/mol. The summed E-state index contributed by atoms with van der Waals surface area (Å²) in [6.07, 6.45) is 1.56. The SMILES string of the molecule is CCC(Br)C(CC)Oc1cccc(C(N)=O)c1.CCCNOC(=O)O. The molecule has 0 saturated carbocycles. The number of carbonyl (C=O) groups is 2. The summed E-state index contributed by atoms with van der Waals surface area (Å²) in [6.45, 7) is 6.66. The third-order valence-electron chi connectivity index (χ3n) is 3.11. The minimum atomic E-state index is -1.29. The molecule has 0 aromatic heterocycles. The Labute approximate surface area is 157 Å². The van der Waals surface area contributed by atoms with E-state index in [2.05, 4.69) is 40.1 Å². The van der Waals surface area contributed by atoms with E-state index in [-0.39, 0.29) is 6.10 Å². The molecule has 1 amide bonds. The van der Waals surface area contributed by atoms with Crippen molar-refractivity contribution in [2.45, 2.75) is 51.0 Å². The van der Waals surface area contributed by atoms with Gasteiger partial charge in [0.2, 0.25) is 5.91 Å². The third-order valence-corrected chi connectivity index (χ3v) is 4.35. The standard InChI is InChI=1S/C13H18BrNO2.C4H9NO3/c1-3-11(14)12(4-2)17-10-7-5-6-9(8-10)13(15)16;1-2-3-5-8-4(6)7/h5-8,11-12H,3-4H2,1-2H3,(H2,15,16);5H,2-3H2,1H3,(H,6,7). The van der Waals surface area contributed by atoms with Crippen LogP contribution in [0.15, 0.2) is 24.3 Å². The number of hydrogen-bond acceptors (Lipinski definition) is 5. The zero-order chi connectivity index (χ0) is 19.2. The zero-order valence-electron chi connectivity index (χ0n) is 14.8. The molecule has 1 aromatic carbocycles. The van der Waals surface area contributed by atoms with Crippen LogP contribution in [0.3, 0.4) is 0 Å². The Hall–Kier alpha value is -1.80. The fourth-order valence-corrected chi connectivity index (χ4v) is 2.27. The monoisotopic (exact) mass is 418 g/mol. The van der Waals surface area contributed by atoms with Gasteiger partial charge in [0.15, 0.2) is 0 Å². The predicted molar refractivity (Wildman–Crippen MR) is 100 cm³/mol. The molecule has 0 spiro atoms. The molecule has 25 heavy (non-hydrogen) atoms. The number of hydroxylamine groups is 1. The first kappa shape index (κ1) is 23.2. The van der Waals surface area contributed by atoms with Crippen LogP contribution >= 0.6 is 15.9 Å². The summed E-state index contributed by atoms with van der Waals surface area (Å²) in [5.74, 6) is 0.250. The molecule has 0 bridgehead atoms. The molecular formula is C17H27BrN2O5. The number of carboxylic acid groups (broad SMARTS) is 1. The van der Waals surface area contributed by atoms with Gasteiger partial charge < -0.3 is 20.4 Å². The molecule has 0 heterocycles. The highest BCUT2D eigenvalue weighted by Gasteiger charge is 2.17. The largest absolute Gasteiger partial charge is 0.525 e. The zero-order valence-corrected chi connectivity index (χ0v) is 16.4. The van der Waals surface area contributed by atoms with Crippen LogP contribution < -0.4 is 16.0 Å². The molecule has 142 valence electrons. The molecule has 0 fully saturated rings. The fourth-order valence-electron chi connectivity index (χ4n) is 1.79. The Morgan fingerprint density at radius 3 is 2.44 bits per heavy atom. The lowest BCUT2D eigenvalue weighted by atomic mass is 10.1. The molecule has 1 rings (SSSR count). The van der Waals surface area contributed by atoms with Crippen molar-refractivity contribution in [1.82, 2.24) is 5.48 Å². The highest BCUT2D eigenvalue weighted by molar-refractivity contribution is 9.09. The first-order chi connectivity index (χ1) is 11.8. The second kappa shape index (κ2) is 13.5. The number of hydrogen-bond donors (Lipinski definition) is 3. The van der Waals surface area contributed by atoms with E-state index in [0.29, 0.717) is 22.7 Å². The molecule has 0 aliphatic rings. The van der Waals surface area contributed by atoms with Gasteiger partial charge >= 0.3 is 6.16 Å². The number of rotatable bonds is 9. The Balaban J connectivity index is 0.000000609. The van der Waals surface area contributed by atoms with Crippen molar-refractivity contribution in [3.63, 3.8) is 0 Å². The van der Waals surface area contributed by atoms with Crippen molar-refractivity contribution in [3.8, 4) is 5.75 Å². The smallest absolute Gasteiger partial charge is 0.489 e. The second-order valence-corrected chi connectivity index (χ2v) is 6.32. The maximum atomic E-state index is 11.1. The Morgan fingerprint density at radius 2 is 1.96 bits per heavy atom. The summed E-state index contributed by atoms with van der Waals surface area (Å²) >= 11 is 3.59. The number of nitrogens with one attached hydrogen (secondary N) is 1. The molecule has 2 atom stereocenters. The van der Waals surface area contributed by atoms with E-state index >= 15 is 0 Å². The molecule has 0 aliphatic heterocycles. The van der Waals surface area contributed by atoms with Crippen LogP contribution in [0, 0.1) is 0 Å². The Bertz CT molecular complexity index is 528. The molecule has 0 saturated heterocycles. The number of amides is 1.